The van der Waals surface area contributed by atoms with Crippen LogP contribution in [-0.2, 0) is 26.0 Å². The van der Waals surface area contributed by atoms with Gasteiger partial charge < -0.3 is 5.11 Å². The van der Waals surface area contributed by atoms with Gasteiger partial charge in [0.05, 0.1) is 12.3 Å². The largest absolute Gasteiger partial charge is 0.390 e. The van der Waals surface area contributed by atoms with Crippen LogP contribution in [0, 0.1) is 5.92 Å². The molecule has 7 heteroatoms. The third-order valence-corrected chi connectivity index (χ3v) is 5.86. The second-order valence-electron chi connectivity index (χ2n) is 8.86. The van der Waals surface area contributed by atoms with Gasteiger partial charge in [0.2, 0.25) is 5.82 Å². The number of tetrazole rings is 1. The van der Waals surface area contributed by atoms with Gasteiger partial charge in [0.25, 0.3) is 0 Å². The summed E-state index contributed by atoms with van der Waals surface area (Å²) >= 11 is 0. The SMILES string of the molecule is CCCCc1c(Cc2ccc(-c3ccccc3-c3nn[nH]n3)cc2)c(CO)nn1CC(C)C. The lowest BCUT2D eigenvalue weighted by molar-refractivity contribution is 0.273. The number of unbranched alkanes of at least 4 members (excludes halogenated alkanes) is 1. The van der Waals surface area contributed by atoms with E-state index in [0.29, 0.717) is 11.7 Å². The Kier molecular flexibility index (Phi) is 7.29. The minimum absolute atomic E-state index is 0.0320. The fourth-order valence-electron chi connectivity index (χ4n) is 4.25. The number of aliphatic hydroxyl groups is 1. The maximum Gasteiger partial charge on any atom is 0.205 e. The fourth-order valence-corrected chi connectivity index (χ4v) is 4.25. The van der Waals surface area contributed by atoms with Gasteiger partial charge in [0.1, 0.15) is 0 Å². The number of H-pyrrole nitrogens is 1. The first kappa shape index (κ1) is 22.9. The Hall–Kier alpha value is -3.32. The van der Waals surface area contributed by atoms with Crippen LogP contribution in [0.3, 0.4) is 0 Å². The number of nitrogens with zero attached hydrogens (tertiary/aromatic N) is 5. The predicted octanol–water partition coefficient (Wildman–Crippen LogP) is 4.81. The zero-order chi connectivity index (χ0) is 23.2. The number of hydrogen-bond acceptors (Lipinski definition) is 5. The molecule has 0 fully saturated rings. The van der Waals surface area contributed by atoms with E-state index in [1.165, 1.54) is 16.8 Å². The van der Waals surface area contributed by atoms with Crippen molar-refractivity contribution in [1.29, 1.82) is 0 Å². The van der Waals surface area contributed by atoms with Crippen LogP contribution in [0.15, 0.2) is 48.5 Å². The number of aromatic nitrogens is 6. The lowest BCUT2D eigenvalue weighted by Crippen LogP contribution is -2.11. The number of rotatable bonds is 10. The molecule has 4 rings (SSSR count). The molecule has 33 heavy (non-hydrogen) atoms. The normalized spacial score (nSPS) is 11.4. The highest BCUT2D eigenvalue weighted by Gasteiger charge is 2.18. The first-order chi connectivity index (χ1) is 16.1. The predicted molar refractivity (Wildman–Crippen MR) is 129 cm³/mol. The molecule has 0 atom stereocenters. The lowest BCUT2D eigenvalue weighted by atomic mass is 9.95. The van der Waals surface area contributed by atoms with Gasteiger partial charge in [0.15, 0.2) is 0 Å². The van der Waals surface area contributed by atoms with Gasteiger partial charge in [-0.05, 0) is 40.7 Å². The van der Waals surface area contributed by atoms with Crippen LogP contribution in [0.1, 0.15) is 56.1 Å². The Morgan fingerprint density at radius 3 is 2.42 bits per heavy atom. The van der Waals surface area contributed by atoms with Crippen LogP contribution >= 0.6 is 0 Å². The summed E-state index contributed by atoms with van der Waals surface area (Å²) in [5, 5.41) is 29.3. The van der Waals surface area contributed by atoms with Crippen LogP contribution in [0.2, 0.25) is 0 Å². The molecule has 2 aromatic heterocycles. The van der Waals surface area contributed by atoms with Crippen molar-refractivity contribution in [3.63, 3.8) is 0 Å². The Balaban J connectivity index is 1.63. The molecule has 0 spiro atoms. The fraction of sp³-hybridized carbons (Fsp3) is 0.385. The molecule has 0 unspecified atom stereocenters. The van der Waals surface area contributed by atoms with E-state index in [1.807, 2.05) is 18.2 Å². The minimum atomic E-state index is -0.0320. The Morgan fingerprint density at radius 2 is 1.79 bits per heavy atom. The van der Waals surface area contributed by atoms with E-state index in [2.05, 4.69) is 76.4 Å². The van der Waals surface area contributed by atoms with E-state index < -0.39 is 0 Å². The van der Waals surface area contributed by atoms with Gasteiger partial charge >= 0.3 is 0 Å². The molecular weight excluding hydrogens is 412 g/mol. The van der Waals surface area contributed by atoms with E-state index in [9.17, 15) is 5.11 Å². The molecule has 0 amide bonds. The molecule has 0 aliphatic rings. The zero-order valence-electron chi connectivity index (χ0n) is 19.6. The molecule has 0 aliphatic heterocycles. The molecule has 0 saturated heterocycles. The highest BCUT2D eigenvalue weighted by molar-refractivity contribution is 5.80. The van der Waals surface area contributed by atoms with E-state index in [4.69, 9.17) is 5.10 Å². The number of hydrogen-bond donors (Lipinski definition) is 2. The van der Waals surface area contributed by atoms with Crippen molar-refractivity contribution in [2.24, 2.45) is 5.92 Å². The number of nitrogens with one attached hydrogen (secondary N) is 1. The van der Waals surface area contributed by atoms with Gasteiger partial charge in [-0.3, -0.25) is 4.68 Å². The summed E-state index contributed by atoms with van der Waals surface area (Å²) in [6.07, 6.45) is 4.00. The van der Waals surface area contributed by atoms with Crippen molar-refractivity contribution >= 4 is 0 Å². The van der Waals surface area contributed by atoms with Gasteiger partial charge in [-0.15, -0.1) is 10.2 Å². The quantitative estimate of drug-likeness (QED) is 0.366. The highest BCUT2D eigenvalue weighted by atomic mass is 16.3. The number of benzene rings is 2. The summed E-state index contributed by atoms with van der Waals surface area (Å²) in [4.78, 5) is 0. The maximum absolute atomic E-state index is 10.0. The molecule has 0 radical (unpaired) electrons. The first-order valence-electron chi connectivity index (χ1n) is 11.7. The summed E-state index contributed by atoms with van der Waals surface area (Å²) in [6.45, 7) is 7.46. The lowest BCUT2D eigenvalue weighted by Gasteiger charge is -2.12. The van der Waals surface area contributed by atoms with Gasteiger partial charge in [0, 0.05) is 29.8 Å². The van der Waals surface area contributed by atoms with E-state index in [-0.39, 0.29) is 6.61 Å². The maximum atomic E-state index is 10.0. The highest BCUT2D eigenvalue weighted by Crippen LogP contribution is 2.30. The number of aromatic amines is 1. The van der Waals surface area contributed by atoms with Crippen molar-refractivity contribution in [3.05, 3.63) is 71.0 Å². The summed E-state index contributed by atoms with van der Waals surface area (Å²) in [5.74, 6) is 1.09. The molecule has 2 heterocycles. The van der Waals surface area contributed by atoms with Crippen molar-refractivity contribution < 1.29 is 5.11 Å². The average Bonchev–Trinajstić information content (AvgIpc) is 3.47. The third kappa shape index (κ3) is 5.20. The standard InChI is InChI=1S/C26H32N6O/c1-4-5-10-25-23(24(17-33)29-32(25)16-18(2)3)15-19-11-13-20(14-12-19)21-8-6-7-9-22(21)26-27-30-31-28-26/h6-9,11-14,18,33H,4-5,10,15-17H2,1-3H3,(H,27,28,30,31). The summed E-state index contributed by atoms with van der Waals surface area (Å²) < 4.78 is 2.12. The smallest absolute Gasteiger partial charge is 0.205 e. The molecule has 172 valence electrons. The van der Waals surface area contributed by atoms with E-state index >= 15 is 0 Å². The summed E-state index contributed by atoms with van der Waals surface area (Å²) in [7, 11) is 0. The van der Waals surface area contributed by atoms with Crippen LogP contribution in [0.25, 0.3) is 22.5 Å². The van der Waals surface area contributed by atoms with Crippen LogP contribution in [0.4, 0.5) is 0 Å². The van der Waals surface area contributed by atoms with Crippen LogP contribution < -0.4 is 0 Å². The second-order valence-corrected chi connectivity index (χ2v) is 8.86. The van der Waals surface area contributed by atoms with E-state index in [0.717, 1.165) is 54.6 Å². The van der Waals surface area contributed by atoms with Crippen molar-refractivity contribution in [2.45, 2.75) is 59.6 Å². The molecule has 0 bridgehead atoms. The van der Waals surface area contributed by atoms with Crippen molar-refractivity contribution in [2.75, 3.05) is 0 Å². The van der Waals surface area contributed by atoms with Gasteiger partial charge in [-0.1, -0.05) is 75.7 Å². The molecular formula is C26H32N6O. The molecule has 2 aromatic carbocycles. The van der Waals surface area contributed by atoms with E-state index in [1.54, 1.807) is 0 Å². The zero-order valence-corrected chi connectivity index (χ0v) is 19.6. The molecule has 0 saturated carbocycles. The number of aliphatic hydroxyl groups excluding tert-OH is 1. The molecule has 0 aliphatic carbocycles. The van der Waals surface area contributed by atoms with Crippen molar-refractivity contribution in [3.8, 4) is 22.5 Å². The summed E-state index contributed by atoms with van der Waals surface area (Å²) in [5.41, 5.74) is 7.55. The Morgan fingerprint density at radius 1 is 1.03 bits per heavy atom. The monoisotopic (exact) mass is 444 g/mol. The average molecular weight is 445 g/mol. The van der Waals surface area contributed by atoms with Crippen LogP contribution in [-0.4, -0.2) is 35.5 Å². The van der Waals surface area contributed by atoms with Gasteiger partial charge in [-0.25, -0.2) is 0 Å². The first-order valence-corrected chi connectivity index (χ1v) is 11.7. The Bertz CT molecular complexity index is 1160. The second kappa shape index (κ2) is 10.5. The van der Waals surface area contributed by atoms with Crippen LogP contribution in [0.5, 0.6) is 0 Å². The Labute approximate surface area is 194 Å². The molecule has 7 nitrogen and oxygen atoms in total. The van der Waals surface area contributed by atoms with Gasteiger partial charge in [-0.2, -0.15) is 10.3 Å². The van der Waals surface area contributed by atoms with Crippen molar-refractivity contribution in [1.82, 2.24) is 30.4 Å². The third-order valence-electron chi connectivity index (χ3n) is 5.86. The molecule has 4 aromatic rings. The minimum Gasteiger partial charge on any atom is -0.390 e. The topological polar surface area (TPSA) is 92.5 Å². The molecule has 2 N–H and O–H groups in total. The summed E-state index contributed by atoms with van der Waals surface area (Å²) in [6, 6.07) is 16.7.